The average molecular weight is 367 g/mol. The summed E-state index contributed by atoms with van der Waals surface area (Å²) in [7, 11) is 0. The Morgan fingerprint density at radius 2 is 1.71 bits per heavy atom. The zero-order chi connectivity index (χ0) is 15.1. The molecule has 0 aliphatic carbocycles. The maximum atomic E-state index is 12.5. The second kappa shape index (κ2) is 8.20. The number of carbonyl (C=O) groups excluding carboxylic acids is 1. The van der Waals surface area contributed by atoms with Crippen molar-refractivity contribution in [3.05, 3.63) is 70.7 Å². The van der Waals surface area contributed by atoms with Gasteiger partial charge in [0.25, 0.3) is 0 Å². The summed E-state index contributed by atoms with van der Waals surface area (Å²) in [6.45, 7) is 1.30. The summed E-state index contributed by atoms with van der Waals surface area (Å²) >= 11 is 9.54. The molecule has 0 spiro atoms. The van der Waals surface area contributed by atoms with Crippen LogP contribution in [0.5, 0.6) is 0 Å². The number of halogens is 2. The quantitative estimate of drug-likeness (QED) is 0.698. The molecule has 0 heterocycles. The van der Waals surface area contributed by atoms with Crippen LogP contribution in [0, 0.1) is 0 Å². The molecule has 0 aliphatic rings. The number of amides is 1. The van der Waals surface area contributed by atoms with Crippen molar-refractivity contribution in [3.8, 4) is 0 Å². The van der Waals surface area contributed by atoms with E-state index in [-0.39, 0.29) is 5.91 Å². The third kappa shape index (κ3) is 4.87. The van der Waals surface area contributed by atoms with Crippen molar-refractivity contribution in [2.75, 3.05) is 11.9 Å². The number of hydrogen-bond acceptors (Lipinski definition) is 1. The van der Waals surface area contributed by atoms with Crippen LogP contribution < -0.4 is 0 Å². The van der Waals surface area contributed by atoms with Gasteiger partial charge in [0.2, 0.25) is 5.91 Å². The first kappa shape index (κ1) is 16.1. The predicted molar refractivity (Wildman–Crippen MR) is 90.8 cm³/mol. The molecule has 0 fully saturated rings. The van der Waals surface area contributed by atoms with E-state index in [1.165, 1.54) is 0 Å². The molecular weight excluding hydrogens is 350 g/mol. The third-order valence-electron chi connectivity index (χ3n) is 3.22. The molecule has 110 valence electrons. The van der Waals surface area contributed by atoms with E-state index in [2.05, 4.69) is 15.9 Å². The summed E-state index contributed by atoms with van der Waals surface area (Å²) in [5.74, 6) is 0.0893. The minimum absolute atomic E-state index is 0.0893. The first-order valence-electron chi connectivity index (χ1n) is 6.82. The highest BCUT2D eigenvalue weighted by Gasteiger charge is 2.15. The maximum Gasteiger partial charge on any atom is 0.227 e. The van der Waals surface area contributed by atoms with Crippen LogP contribution in [0.4, 0.5) is 0 Å². The number of hydrogen-bond donors (Lipinski definition) is 0. The van der Waals surface area contributed by atoms with Gasteiger partial charge in [0.15, 0.2) is 0 Å². The van der Waals surface area contributed by atoms with Crippen molar-refractivity contribution in [1.29, 1.82) is 0 Å². The number of carbonyl (C=O) groups is 1. The molecule has 0 saturated carbocycles. The molecule has 0 aromatic heterocycles. The molecule has 0 saturated heterocycles. The molecule has 2 rings (SSSR count). The fourth-order valence-corrected chi connectivity index (χ4v) is 2.74. The Bertz CT molecular complexity index is 588. The van der Waals surface area contributed by atoms with Crippen LogP contribution in [0.3, 0.4) is 0 Å². The van der Waals surface area contributed by atoms with Crippen molar-refractivity contribution in [2.24, 2.45) is 0 Å². The van der Waals surface area contributed by atoms with E-state index in [0.717, 1.165) is 16.5 Å². The number of alkyl halides is 1. The lowest BCUT2D eigenvalue weighted by atomic mass is 10.1. The summed E-state index contributed by atoms with van der Waals surface area (Å²) in [5.41, 5.74) is 2.00. The third-order valence-corrected chi connectivity index (χ3v) is 3.95. The first-order valence-corrected chi connectivity index (χ1v) is 8.31. The zero-order valence-electron chi connectivity index (χ0n) is 11.6. The minimum Gasteiger partial charge on any atom is -0.337 e. The number of benzene rings is 2. The Morgan fingerprint density at radius 3 is 2.38 bits per heavy atom. The standard InChI is InChI=1S/C17H17BrClNO/c18-10-11-20(13-14-6-2-1-3-7-14)17(21)12-15-8-4-5-9-16(15)19/h1-9H,10-13H2. The van der Waals surface area contributed by atoms with Crippen LogP contribution in [0.1, 0.15) is 11.1 Å². The molecular formula is C17H17BrClNO. The van der Waals surface area contributed by atoms with Gasteiger partial charge < -0.3 is 4.90 Å². The largest absolute Gasteiger partial charge is 0.337 e. The molecule has 0 unspecified atom stereocenters. The number of rotatable bonds is 6. The fourth-order valence-electron chi connectivity index (χ4n) is 2.11. The Morgan fingerprint density at radius 1 is 1.05 bits per heavy atom. The first-order chi connectivity index (χ1) is 10.2. The lowest BCUT2D eigenvalue weighted by Crippen LogP contribution is -2.33. The zero-order valence-corrected chi connectivity index (χ0v) is 14.0. The van der Waals surface area contributed by atoms with E-state index in [1.807, 2.05) is 59.5 Å². The summed E-state index contributed by atoms with van der Waals surface area (Å²) in [5, 5.41) is 1.40. The fraction of sp³-hybridized carbons (Fsp3) is 0.235. The van der Waals surface area contributed by atoms with Crippen LogP contribution in [0.2, 0.25) is 5.02 Å². The molecule has 0 bridgehead atoms. The highest BCUT2D eigenvalue weighted by molar-refractivity contribution is 9.09. The minimum atomic E-state index is 0.0893. The van der Waals surface area contributed by atoms with Crippen molar-refractivity contribution in [3.63, 3.8) is 0 Å². The monoisotopic (exact) mass is 365 g/mol. The van der Waals surface area contributed by atoms with Crippen LogP contribution in [-0.2, 0) is 17.8 Å². The van der Waals surface area contributed by atoms with E-state index in [9.17, 15) is 4.79 Å². The predicted octanol–water partition coefficient (Wildman–Crippen LogP) is 4.31. The van der Waals surface area contributed by atoms with E-state index in [4.69, 9.17) is 11.6 Å². The average Bonchev–Trinajstić information content (AvgIpc) is 2.50. The molecule has 4 heteroatoms. The Kier molecular flexibility index (Phi) is 6.27. The number of nitrogens with zero attached hydrogens (tertiary/aromatic N) is 1. The van der Waals surface area contributed by atoms with E-state index >= 15 is 0 Å². The van der Waals surface area contributed by atoms with Gasteiger partial charge in [0.05, 0.1) is 6.42 Å². The van der Waals surface area contributed by atoms with Crippen LogP contribution in [0.15, 0.2) is 54.6 Å². The topological polar surface area (TPSA) is 20.3 Å². The molecule has 0 N–H and O–H groups in total. The molecule has 2 aromatic rings. The van der Waals surface area contributed by atoms with Gasteiger partial charge in [-0.1, -0.05) is 76.1 Å². The summed E-state index contributed by atoms with van der Waals surface area (Å²) < 4.78 is 0. The lowest BCUT2D eigenvalue weighted by Gasteiger charge is -2.22. The molecule has 2 aromatic carbocycles. The normalized spacial score (nSPS) is 10.4. The SMILES string of the molecule is O=C(Cc1ccccc1Cl)N(CCBr)Cc1ccccc1. The highest BCUT2D eigenvalue weighted by Crippen LogP contribution is 2.17. The van der Waals surface area contributed by atoms with Gasteiger partial charge in [-0.25, -0.2) is 0 Å². The van der Waals surface area contributed by atoms with Gasteiger partial charge in [-0.3, -0.25) is 4.79 Å². The Balaban J connectivity index is 2.07. The van der Waals surface area contributed by atoms with Crippen molar-refractivity contribution in [2.45, 2.75) is 13.0 Å². The molecule has 0 aliphatic heterocycles. The van der Waals surface area contributed by atoms with E-state index < -0.39 is 0 Å². The van der Waals surface area contributed by atoms with Gasteiger partial charge in [-0.05, 0) is 17.2 Å². The molecule has 0 atom stereocenters. The van der Waals surface area contributed by atoms with Gasteiger partial charge in [-0.2, -0.15) is 0 Å². The van der Waals surface area contributed by atoms with Crippen molar-refractivity contribution < 1.29 is 4.79 Å². The molecule has 21 heavy (non-hydrogen) atoms. The van der Waals surface area contributed by atoms with Crippen LogP contribution in [-0.4, -0.2) is 22.7 Å². The highest BCUT2D eigenvalue weighted by atomic mass is 79.9. The summed E-state index contributed by atoms with van der Waals surface area (Å²) in [4.78, 5) is 14.4. The van der Waals surface area contributed by atoms with Gasteiger partial charge >= 0.3 is 0 Å². The smallest absolute Gasteiger partial charge is 0.227 e. The van der Waals surface area contributed by atoms with Crippen LogP contribution in [0.25, 0.3) is 0 Å². The van der Waals surface area contributed by atoms with Gasteiger partial charge in [-0.15, -0.1) is 0 Å². The Labute approximate surface area is 138 Å². The second-order valence-electron chi connectivity index (χ2n) is 4.76. The van der Waals surface area contributed by atoms with Gasteiger partial charge in [0.1, 0.15) is 0 Å². The molecule has 1 amide bonds. The van der Waals surface area contributed by atoms with Crippen molar-refractivity contribution in [1.82, 2.24) is 4.90 Å². The van der Waals surface area contributed by atoms with Gasteiger partial charge in [0, 0.05) is 23.4 Å². The molecule has 0 radical (unpaired) electrons. The molecule has 2 nitrogen and oxygen atoms in total. The maximum absolute atomic E-state index is 12.5. The van der Waals surface area contributed by atoms with E-state index in [1.54, 1.807) is 0 Å². The summed E-state index contributed by atoms with van der Waals surface area (Å²) in [6, 6.07) is 17.5. The second-order valence-corrected chi connectivity index (χ2v) is 5.96. The van der Waals surface area contributed by atoms with Crippen molar-refractivity contribution >= 4 is 33.4 Å². The lowest BCUT2D eigenvalue weighted by molar-refractivity contribution is -0.130. The Hall–Kier alpha value is -1.32. The van der Waals surface area contributed by atoms with Crippen LogP contribution >= 0.6 is 27.5 Å². The van der Waals surface area contributed by atoms with E-state index in [0.29, 0.717) is 24.5 Å². The summed E-state index contributed by atoms with van der Waals surface area (Å²) in [6.07, 6.45) is 0.333.